The summed E-state index contributed by atoms with van der Waals surface area (Å²) in [4.78, 5) is 24.4. The predicted molar refractivity (Wildman–Crippen MR) is 71.9 cm³/mol. The average Bonchev–Trinajstić information content (AvgIpc) is 2.83. The molecule has 18 heavy (non-hydrogen) atoms. The number of amides is 2. The molecule has 2 fully saturated rings. The Morgan fingerprint density at radius 2 is 1.89 bits per heavy atom. The zero-order valence-electron chi connectivity index (χ0n) is 10.6. The Kier molecular flexibility index (Phi) is 4.16. The lowest BCUT2D eigenvalue weighted by atomic mass is 10.1. The second kappa shape index (κ2) is 5.65. The first-order valence-corrected chi connectivity index (χ1v) is 6.86. The number of carbonyl (C=O) groups is 2. The summed E-state index contributed by atoms with van der Waals surface area (Å²) in [5.74, 6) is -0.311. The van der Waals surface area contributed by atoms with E-state index in [1.807, 2.05) is 0 Å². The lowest BCUT2D eigenvalue weighted by Gasteiger charge is -2.29. The van der Waals surface area contributed by atoms with Gasteiger partial charge in [0.05, 0.1) is 0 Å². The molecule has 0 aromatic heterocycles. The van der Waals surface area contributed by atoms with Crippen molar-refractivity contribution in [2.24, 2.45) is 0 Å². The van der Waals surface area contributed by atoms with E-state index in [2.05, 4.69) is 10.6 Å². The van der Waals surface area contributed by atoms with Crippen LogP contribution in [0.15, 0.2) is 0 Å². The number of hydrogen-bond donors (Lipinski definition) is 2. The van der Waals surface area contributed by atoms with Gasteiger partial charge >= 0.3 is 0 Å². The zero-order valence-corrected chi connectivity index (χ0v) is 11.4. The van der Waals surface area contributed by atoms with Gasteiger partial charge in [-0.2, -0.15) is 0 Å². The minimum atomic E-state index is -0.367. The number of imide groups is 1. The Labute approximate surface area is 112 Å². The van der Waals surface area contributed by atoms with Gasteiger partial charge in [0.2, 0.25) is 5.91 Å². The van der Waals surface area contributed by atoms with Crippen molar-refractivity contribution >= 4 is 29.1 Å². The van der Waals surface area contributed by atoms with Gasteiger partial charge in [-0.05, 0) is 31.5 Å². The Morgan fingerprint density at radius 3 is 2.56 bits per heavy atom. The topological polar surface area (TPSA) is 61.4 Å². The summed E-state index contributed by atoms with van der Waals surface area (Å²) < 4.78 is 0. The van der Waals surface area contributed by atoms with Crippen molar-refractivity contribution < 1.29 is 9.59 Å². The van der Waals surface area contributed by atoms with Gasteiger partial charge < -0.3 is 10.6 Å². The molecule has 6 heteroatoms. The van der Waals surface area contributed by atoms with E-state index >= 15 is 0 Å². The van der Waals surface area contributed by atoms with Crippen molar-refractivity contribution in [3.05, 3.63) is 0 Å². The lowest BCUT2D eigenvalue weighted by molar-refractivity contribution is -0.147. The van der Waals surface area contributed by atoms with Gasteiger partial charge in [0, 0.05) is 19.5 Å². The molecule has 0 spiro atoms. The van der Waals surface area contributed by atoms with E-state index in [1.54, 1.807) is 0 Å². The van der Waals surface area contributed by atoms with Crippen molar-refractivity contribution in [3.8, 4) is 0 Å². The van der Waals surface area contributed by atoms with Gasteiger partial charge in [0.25, 0.3) is 5.91 Å². The first-order chi connectivity index (χ1) is 8.58. The molecule has 1 heterocycles. The van der Waals surface area contributed by atoms with E-state index < -0.39 is 0 Å². The van der Waals surface area contributed by atoms with E-state index in [0.717, 1.165) is 12.8 Å². The normalized spacial score (nSPS) is 25.4. The summed E-state index contributed by atoms with van der Waals surface area (Å²) in [5, 5.41) is 6.79. The van der Waals surface area contributed by atoms with Crippen LogP contribution in [-0.4, -0.2) is 41.0 Å². The summed E-state index contributed by atoms with van der Waals surface area (Å²) in [6.07, 6.45) is 5.66. The highest BCUT2D eigenvalue weighted by Crippen LogP contribution is 2.17. The van der Waals surface area contributed by atoms with E-state index in [-0.39, 0.29) is 17.9 Å². The number of likely N-dealkylation sites (N-methyl/N-ethyl adjacent to an activating group) is 1. The molecule has 0 aromatic rings. The molecule has 2 N–H and O–H groups in total. The minimum Gasteiger partial charge on any atom is -0.360 e. The Balaban J connectivity index is 1.83. The number of carbonyl (C=O) groups excluding carboxylic acids is 2. The predicted octanol–water partition coefficient (Wildman–Crippen LogP) is 0.540. The third-order valence-electron chi connectivity index (χ3n) is 3.65. The highest BCUT2D eigenvalue weighted by atomic mass is 32.1. The third kappa shape index (κ3) is 2.98. The summed E-state index contributed by atoms with van der Waals surface area (Å²) in [6.45, 7) is 0. The van der Waals surface area contributed by atoms with Gasteiger partial charge in [-0.1, -0.05) is 12.8 Å². The molecular formula is C12H19N3O2S. The molecule has 1 atom stereocenters. The van der Waals surface area contributed by atoms with Crippen LogP contribution in [0.3, 0.4) is 0 Å². The van der Waals surface area contributed by atoms with Crippen LogP contribution in [0, 0.1) is 0 Å². The number of nitrogens with one attached hydrogen (secondary N) is 2. The molecule has 5 nitrogen and oxygen atoms in total. The molecular weight excluding hydrogens is 250 g/mol. The maximum atomic E-state index is 11.9. The maximum Gasteiger partial charge on any atom is 0.251 e. The Morgan fingerprint density at radius 1 is 1.22 bits per heavy atom. The summed E-state index contributed by atoms with van der Waals surface area (Å²) in [7, 11) is 1.52. The fourth-order valence-corrected chi connectivity index (χ4v) is 2.81. The quantitative estimate of drug-likeness (QED) is 0.566. The summed E-state index contributed by atoms with van der Waals surface area (Å²) in [5.41, 5.74) is 0. The molecule has 1 unspecified atom stereocenters. The van der Waals surface area contributed by atoms with Gasteiger partial charge in [-0.15, -0.1) is 0 Å². The molecule has 1 aliphatic heterocycles. The van der Waals surface area contributed by atoms with Crippen molar-refractivity contribution in [2.75, 3.05) is 7.05 Å². The monoisotopic (exact) mass is 269 g/mol. The molecule has 1 aliphatic carbocycles. The number of rotatable bonds is 2. The molecule has 1 saturated heterocycles. The van der Waals surface area contributed by atoms with Crippen molar-refractivity contribution in [2.45, 2.75) is 50.6 Å². The smallest absolute Gasteiger partial charge is 0.251 e. The van der Waals surface area contributed by atoms with E-state index in [0.29, 0.717) is 24.0 Å². The SMILES string of the molecule is CN1C(=O)CCC(NC(=S)NC2CCCC2)C1=O. The number of nitrogens with zero attached hydrogens (tertiary/aromatic N) is 1. The second-order valence-corrected chi connectivity index (χ2v) is 5.39. The van der Waals surface area contributed by atoms with E-state index in [1.165, 1.54) is 24.8 Å². The van der Waals surface area contributed by atoms with Crippen LogP contribution in [0.1, 0.15) is 38.5 Å². The molecule has 0 radical (unpaired) electrons. The van der Waals surface area contributed by atoms with Gasteiger partial charge in [0.15, 0.2) is 5.11 Å². The van der Waals surface area contributed by atoms with Gasteiger partial charge in [-0.25, -0.2) is 0 Å². The van der Waals surface area contributed by atoms with E-state index in [9.17, 15) is 9.59 Å². The third-order valence-corrected chi connectivity index (χ3v) is 3.88. The highest BCUT2D eigenvalue weighted by Gasteiger charge is 2.32. The maximum absolute atomic E-state index is 11.9. The standard InChI is InChI=1S/C12H19N3O2S/c1-15-10(16)7-6-9(11(15)17)14-12(18)13-8-4-2-3-5-8/h8-9H,2-7H2,1H3,(H2,13,14,18). The number of hydrogen-bond acceptors (Lipinski definition) is 3. The largest absolute Gasteiger partial charge is 0.360 e. The van der Waals surface area contributed by atoms with Crippen molar-refractivity contribution in [3.63, 3.8) is 0 Å². The summed E-state index contributed by atoms with van der Waals surface area (Å²) in [6, 6.07) is 0.0668. The molecule has 1 saturated carbocycles. The second-order valence-electron chi connectivity index (χ2n) is 4.98. The number of likely N-dealkylation sites (tertiary alicyclic amines) is 1. The van der Waals surface area contributed by atoms with Crippen LogP contribution >= 0.6 is 12.2 Å². The number of thiocarbonyl (C=S) groups is 1. The van der Waals surface area contributed by atoms with Crippen LogP contribution in [-0.2, 0) is 9.59 Å². The van der Waals surface area contributed by atoms with Crippen LogP contribution in [0.4, 0.5) is 0 Å². The first kappa shape index (κ1) is 13.3. The average molecular weight is 269 g/mol. The van der Waals surface area contributed by atoms with Crippen molar-refractivity contribution in [1.29, 1.82) is 0 Å². The fourth-order valence-electron chi connectivity index (χ4n) is 2.51. The minimum absolute atomic E-state index is 0.118. The first-order valence-electron chi connectivity index (χ1n) is 6.45. The highest BCUT2D eigenvalue weighted by molar-refractivity contribution is 7.80. The van der Waals surface area contributed by atoms with Crippen LogP contribution < -0.4 is 10.6 Å². The van der Waals surface area contributed by atoms with Crippen molar-refractivity contribution in [1.82, 2.24) is 15.5 Å². The molecule has 2 rings (SSSR count). The van der Waals surface area contributed by atoms with Gasteiger partial charge in [0.1, 0.15) is 6.04 Å². The van der Waals surface area contributed by atoms with Crippen LogP contribution in [0.2, 0.25) is 0 Å². The number of piperidine rings is 1. The molecule has 2 aliphatic rings. The Bertz CT molecular complexity index is 366. The molecule has 100 valence electrons. The zero-order chi connectivity index (χ0) is 13.1. The molecule has 0 bridgehead atoms. The van der Waals surface area contributed by atoms with E-state index in [4.69, 9.17) is 12.2 Å². The van der Waals surface area contributed by atoms with Crippen LogP contribution in [0.25, 0.3) is 0 Å². The molecule has 2 amide bonds. The fraction of sp³-hybridized carbons (Fsp3) is 0.750. The lowest BCUT2D eigenvalue weighted by Crippen LogP contribution is -2.55. The van der Waals surface area contributed by atoms with Crippen LogP contribution in [0.5, 0.6) is 0 Å². The van der Waals surface area contributed by atoms with Gasteiger partial charge in [-0.3, -0.25) is 14.5 Å². The Hall–Kier alpha value is -1.17. The molecule has 0 aromatic carbocycles. The summed E-state index contributed by atoms with van der Waals surface area (Å²) >= 11 is 5.21.